The molecule has 1 aliphatic carbocycles. The molecule has 1 aliphatic rings. The summed E-state index contributed by atoms with van der Waals surface area (Å²) in [7, 11) is -10.1. The summed E-state index contributed by atoms with van der Waals surface area (Å²) < 4.78 is 67.5. The Hall–Kier alpha value is -2.73. The fourth-order valence-electron chi connectivity index (χ4n) is 4.18. The minimum atomic E-state index is -10.1. The van der Waals surface area contributed by atoms with Crippen molar-refractivity contribution >= 4 is 32.7 Å². The first kappa shape index (κ1) is 31.5. The number of hydrogen-bond donors (Lipinski definition) is 2. The van der Waals surface area contributed by atoms with Crippen molar-refractivity contribution < 1.29 is 29.3 Å². The summed E-state index contributed by atoms with van der Waals surface area (Å²) in [6.07, 6.45) is 7.17. The topological polar surface area (TPSA) is 80.0 Å². The van der Waals surface area contributed by atoms with Crippen LogP contribution in [-0.4, -0.2) is 25.8 Å². The molecule has 12 heteroatoms. The van der Waals surface area contributed by atoms with Gasteiger partial charge in [-0.05, 0) is 51.0 Å². The standard InChI is InChI=1S/C22H25F5N4O2S.2C2H6/c1-22(2,33)16-12-18-14(13-31(30-18)15-7-4-3-5-8-15)11-19(16)29-21(32)17-9-6-10-20(28-17)34(23,24,25,26)27;2*1-2/h6,9-13,15,33H,3-5,7-8H2,1-2H3,(H,29,32);2*1-2H3. The van der Waals surface area contributed by atoms with Gasteiger partial charge >= 0.3 is 10.2 Å². The van der Waals surface area contributed by atoms with E-state index < -0.39 is 32.5 Å². The monoisotopic (exact) mass is 564 g/mol. The molecule has 0 saturated heterocycles. The van der Waals surface area contributed by atoms with Crippen molar-refractivity contribution in [3.05, 3.63) is 47.8 Å². The summed E-state index contributed by atoms with van der Waals surface area (Å²) in [6.45, 7) is 11.0. The Balaban J connectivity index is 0.00000121. The molecule has 38 heavy (non-hydrogen) atoms. The van der Waals surface area contributed by atoms with Gasteiger partial charge in [0, 0.05) is 22.8 Å². The van der Waals surface area contributed by atoms with Crippen LogP contribution in [0.1, 0.15) is 95.7 Å². The van der Waals surface area contributed by atoms with E-state index >= 15 is 0 Å². The van der Waals surface area contributed by atoms with Gasteiger partial charge in [-0.3, -0.25) is 9.48 Å². The molecule has 2 heterocycles. The molecule has 6 nitrogen and oxygen atoms in total. The van der Waals surface area contributed by atoms with Crippen molar-refractivity contribution in [1.29, 1.82) is 0 Å². The summed E-state index contributed by atoms with van der Waals surface area (Å²) in [6, 6.07) is 5.13. The van der Waals surface area contributed by atoms with Gasteiger partial charge in [-0.2, -0.15) is 5.10 Å². The van der Waals surface area contributed by atoms with E-state index in [1.54, 1.807) is 12.1 Å². The number of aromatic nitrogens is 3. The van der Waals surface area contributed by atoms with Crippen LogP contribution in [0.2, 0.25) is 0 Å². The first-order chi connectivity index (χ1) is 17.5. The van der Waals surface area contributed by atoms with Gasteiger partial charge in [-0.25, -0.2) is 4.98 Å². The zero-order valence-corrected chi connectivity index (χ0v) is 23.4. The normalized spacial score (nSPS) is 16.3. The molecule has 1 fully saturated rings. The van der Waals surface area contributed by atoms with Crippen molar-refractivity contribution in [2.24, 2.45) is 0 Å². The predicted octanol–water partition coefficient (Wildman–Crippen LogP) is 9.13. The average Bonchev–Trinajstić information content (AvgIpc) is 3.28. The fourth-order valence-corrected chi connectivity index (χ4v) is 4.78. The zero-order chi connectivity index (χ0) is 29.0. The Morgan fingerprint density at radius 1 is 1.03 bits per heavy atom. The van der Waals surface area contributed by atoms with E-state index in [-0.39, 0.29) is 23.4 Å². The lowest BCUT2D eigenvalue weighted by atomic mass is 9.95. The molecule has 2 aromatic heterocycles. The van der Waals surface area contributed by atoms with Crippen molar-refractivity contribution in [1.82, 2.24) is 14.8 Å². The number of carbonyl (C=O) groups excluding carboxylic acids is 1. The number of fused-ring (bicyclic) bond motifs is 1. The molecule has 0 unspecified atom stereocenters. The van der Waals surface area contributed by atoms with E-state index in [1.165, 1.54) is 20.3 Å². The van der Waals surface area contributed by atoms with E-state index in [9.17, 15) is 29.3 Å². The van der Waals surface area contributed by atoms with E-state index in [4.69, 9.17) is 0 Å². The number of halogens is 5. The lowest BCUT2D eigenvalue weighted by molar-refractivity contribution is 0.0793. The third-order valence-electron chi connectivity index (χ3n) is 5.87. The van der Waals surface area contributed by atoms with Crippen molar-refractivity contribution in [3.63, 3.8) is 0 Å². The largest absolute Gasteiger partial charge is 0.386 e. The maximum atomic E-state index is 13.1. The van der Waals surface area contributed by atoms with Gasteiger partial charge in [0.25, 0.3) is 5.91 Å². The number of pyridine rings is 1. The van der Waals surface area contributed by atoms with Crippen LogP contribution in [-0.2, 0) is 5.60 Å². The number of hydrogen-bond acceptors (Lipinski definition) is 4. The number of anilines is 1. The third-order valence-corrected chi connectivity index (χ3v) is 6.89. The number of rotatable bonds is 5. The highest BCUT2D eigenvalue weighted by molar-refractivity contribution is 8.45. The predicted molar refractivity (Wildman–Crippen MR) is 143 cm³/mol. The minimum absolute atomic E-state index is 0.118. The Bertz CT molecular complexity index is 1270. The van der Waals surface area contributed by atoms with Crippen LogP contribution in [0.3, 0.4) is 0 Å². The summed E-state index contributed by atoms with van der Waals surface area (Å²) in [4.78, 5) is 15.6. The smallest absolute Gasteiger partial charge is 0.325 e. The lowest BCUT2D eigenvalue weighted by Gasteiger charge is -2.39. The Morgan fingerprint density at radius 3 is 2.18 bits per heavy atom. The first-order valence-corrected chi connectivity index (χ1v) is 14.7. The van der Waals surface area contributed by atoms with E-state index in [1.807, 2.05) is 38.6 Å². The molecule has 0 aliphatic heterocycles. The number of aliphatic hydroxyl groups is 1. The Labute approximate surface area is 220 Å². The number of nitrogens with one attached hydrogen (secondary N) is 1. The maximum Gasteiger partial charge on any atom is 0.325 e. The quantitative estimate of drug-likeness (QED) is 0.303. The second kappa shape index (κ2) is 10.8. The molecule has 0 bridgehead atoms. The SMILES string of the molecule is CC.CC.CC(C)(O)c1cc2nn(C3CCCCC3)cc2cc1NC(=O)c1cccc(S(F)(F)(F)(F)F)n1. The summed E-state index contributed by atoms with van der Waals surface area (Å²) >= 11 is 0. The van der Waals surface area contributed by atoms with Crippen molar-refractivity contribution in [3.8, 4) is 0 Å². The van der Waals surface area contributed by atoms with Gasteiger partial charge in [0.05, 0.1) is 17.2 Å². The van der Waals surface area contributed by atoms with E-state index in [2.05, 4.69) is 15.4 Å². The molecular formula is C26H37F5N4O2S. The minimum Gasteiger partial charge on any atom is -0.386 e. The van der Waals surface area contributed by atoms with Crippen LogP contribution in [0.4, 0.5) is 25.1 Å². The highest BCUT2D eigenvalue weighted by Gasteiger charge is 2.67. The molecule has 1 saturated carbocycles. The van der Waals surface area contributed by atoms with E-state index in [0.717, 1.165) is 31.7 Å². The maximum absolute atomic E-state index is 13.1. The third kappa shape index (κ3) is 7.66. The molecule has 0 atom stereocenters. The highest BCUT2D eigenvalue weighted by Crippen LogP contribution is 3.01. The molecule has 1 amide bonds. The molecular weight excluding hydrogens is 527 g/mol. The number of benzene rings is 1. The van der Waals surface area contributed by atoms with Gasteiger partial charge in [0.2, 0.25) is 0 Å². The summed E-state index contributed by atoms with van der Waals surface area (Å²) in [5.41, 5.74) is -1.30. The molecule has 0 radical (unpaired) electrons. The number of carbonyl (C=O) groups is 1. The highest BCUT2D eigenvalue weighted by atomic mass is 32.5. The Morgan fingerprint density at radius 2 is 1.63 bits per heavy atom. The van der Waals surface area contributed by atoms with E-state index in [0.29, 0.717) is 17.0 Å². The lowest BCUT2D eigenvalue weighted by Crippen LogP contribution is -2.22. The van der Waals surface area contributed by atoms with Crippen LogP contribution in [0.15, 0.2) is 41.6 Å². The van der Waals surface area contributed by atoms with Crippen LogP contribution in [0, 0.1) is 0 Å². The zero-order valence-electron chi connectivity index (χ0n) is 22.6. The molecule has 0 spiro atoms. The van der Waals surface area contributed by atoms with Crippen molar-refractivity contribution in [2.75, 3.05) is 5.32 Å². The molecule has 3 aromatic rings. The van der Waals surface area contributed by atoms with Crippen LogP contribution < -0.4 is 5.32 Å². The van der Waals surface area contributed by atoms with Crippen LogP contribution in [0.5, 0.6) is 0 Å². The van der Waals surface area contributed by atoms with Crippen LogP contribution >= 0.6 is 10.2 Å². The first-order valence-electron chi connectivity index (χ1n) is 12.8. The van der Waals surface area contributed by atoms with Gasteiger partial charge in [-0.15, -0.1) is 0 Å². The van der Waals surface area contributed by atoms with Crippen molar-refractivity contribution in [2.45, 2.75) is 90.3 Å². The van der Waals surface area contributed by atoms with Gasteiger partial charge in [0.1, 0.15) is 5.69 Å². The summed E-state index contributed by atoms with van der Waals surface area (Å²) in [5.74, 6) is -1.12. The Kier molecular flexibility index (Phi) is 8.95. The van der Waals surface area contributed by atoms with Gasteiger partial charge in [0.15, 0.2) is 5.03 Å². The van der Waals surface area contributed by atoms with Gasteiger partial charge < -0.3 is 10.4 Å². The second-order valence-corrected chi connectivity index (χ2v) is 11.6. The fraction of sp³-hybridized carbons (Fsp3) is 0.500. The molecule has 214 valence electrons. The van der Waals surface area contributed by atoms with Gasteiger partial charge in [-0.1, -0.05) is 72.5 Å². The number of amides is 1. The summed E-state index contributed by atoms with van der Waals surface area (Å²) in [5, 5.41) is 15.9. The van der Waals surface area contributed by atoms with Crippen LogP contribution in [0.25, 0.3) is 10.9 Å². The molecule has 1 aromatic carbocycles. The second-order valence-electron chi connectivity index (χ2n) is 9.20. The molecule has 4 rings (SSSR count). The average molecular weight is 565 g/mol. The number of nitrogens with zero attached hydrogens (tertiary/aromatic N) is 3. The molecule has 2 N–H and O–H groups in total.